The molecule has 0 spiro atoms. The van der Waals surface area contributed by atoms with E-state index in [0.717, 1.165) is 44.6 Å². The first-order chi connectivity index (χ1) is 24.1. The van der Waals surface area contributed by atoms with Crippen LogP contribution in [-0.4, -0.2) is 84.4 Å². The van der Waals surface area contributed by atoms with Crippen LogP contribution in [0.4, 0.5) is 11.4 Å². The van der Waals surface area contributed by atoms with E-state index in [9.17, 15) is 8.42 Å². The van der Waals surface area contributed by atoms with Gasteiger partial charge >= 0.3 is 0 Å². The van der Waals surface area contributed by atoms with E-state index in [1.807, 2.05) is 38.1 Å². The molecule has 0 aliphatic heterocycles. The molecular weight excluding hydrogens is 659 g/mol. The van der Waals surface area contributed by atoms with Crippen LogP contribution >= 0.6 is 0 Å². The number of benzene rings is 3. The van der Waals surface area contributed by atoms with Crippen LogP contribution in [0, 0.1) is 13.8 Å². The van der Waals surface area contributed by atoms with Crippen LogP contribution in [0.1, 0.15) is 24.2 Å². The minimum absolute atomic E-state index is 0.212. The van der Waals surface area contributed by atoms with E-state index < -0.39 is 10.0 Å². The topological polar surface area (TPSA) is 133 Å². The third-order valence-electron chi connectivity index (χ3n) is 8.37. The molecular formula is C37H45N5O7S. The molecule has 0 bridgehead atoms. The second-order valence-corrected chi connectivity index (χ2v) is 13.7. The van der Waals surface area contributed by atoms with Crippen molar-refractivity contribution in [3.63, 3.8) is 0 Å². The number of nitrogens with zero attached hydrogens (tertiary/aromatic N) is 3. The number of hydrogen-bond donors (Lipinski definition) is 2. The van der Waals surface area contributed by atoms with E-state index in [1.165, 1.54) is 0 Å². The summed E-state index contributed by atoms with van der Waals surface area (Å²) in [7, 11) is 4.18. The average molecular weight is 704 g/mol. The van der Waals surface area contributed by atoms with Gasteiger partial charge in [0.25, 0.3) is 0 Å². The summed E-state index contributed by atoms with van der Waals surface area (Å²) in [6.45, 7) is 5.51. The van der Waals surface area contributed by atoms with E-state index >= 15 is 0 Å². The zero-order valence-corrected chi connectivity index (χ0v) is 30.4. The molecule has 0 aliphatic carbocycles. The van der Waals surface area contributed by atoms with Crippen molar-refractivity contribution in [1.82, 2.24) is 14.3 Å². The van der Waals surface area contributed by atoms with Gasteiger partial charge in [-0.2, -0.15) is 4.31 Å². The molecule has 0 atom stereocenters. The van der Waals surface area contributed by atoms with Crippen molar-refractivity contribution in [2.45, 2.75) is 31.6 Å². The van der Waals surface area contributed by atoms with Gasteiger partial charge in [0.05, 0.1) is 40.4 Å². The summed E-state index contributed by atoms with van der Waals surface area (Å²) in [5, 5.41) is 8.70. The van der Waals surface area contributed by atoms with E-state index in [2.05, 4.69) is 20.6 Å². The molecule has 0 fully saturated rings. The zero-order valence-electron chi connectivity index (χ0n) is 29.6. The van der Waals surface area contributed by atoms with Gasteiger partial charge in [-0.05, 0) is 75.2 Å². The molecule has 0 saturated heterocycles. The Hall–Kier alpha value is -5.01. The van der Waals surface area contributed by atoms with Crippen molar-refractivity contribution >= 4 is 43.2 Å². The van der Waals surface area contributed by atoms with Gasteiger partial charge in [-0.1, -0.05) is 0 Å². The van der Waals surface area contributed by atoms with Crippen LogP contribution in [0.15, 0.2) is 65.6 Å². The number of hydrogen-bond acceptors (Lipinski definition) is 11. The van der Waals surface area contributed by atoms with E-state index in [-0.39, 0.29) is 4.90 Å². The third-order valence-corrected chi connectivity index (χ3v) is 10.3. The maximum atomic E-state index is 14.0. The van der Waals surface area contributed by atoms with Gasteiger partial charge < -0.3 is 34.3 Å². The number of nitrogens with one attached hydrogen (secondary N) is 2. The standard InChI is InChI=1S/C37H45N5O7S/c1-24-18-32(30-20-27(46-4)22-34(48-6)36(30)40-24)38-14-8-16-42(50(43,44)29-12-10-26(45-3)11-13-29)17-9-15-39-33-19-25(2)41-37-31(33)21-28(47-5)23-35(37)49-7/h10-13,18-23H,8-9,14-17H2,1-7H3,(H,38,40)(H,39,41). The normalized spacial score (nSPS) is 11.5. The molecule has 2 aromatic heterocycles. The molecule has 5 aromatic rings. The molecule has 5 rings (SSSR count). The number of aryl methyl sites for hydroxylation is 2. The summed E-state index contributed by atoms with van der Waals surface area (Å²) in [5.41, 5.74) is 4.84. The first-order valence-electron chi connectivity index (χ1n) is 16.3. The fourth-order valence-electron chi connectivity index (χ4n) is 5.84. The minimum Gasteiger partial charge on any atom is -0.497 e. The van der Waals surface area contributed by atoms with Gasteiger partial charge in [-0.25, -0.2) is 18.4 Å². The first kappa shape index (κ1) is 36.3. The Morgan fingerprint density at radius 1 is 0.600 bits per heavy atom. The molecule has 0 unspecified atom stereocenters. The first-order valence-corrected chi connectivity index (χ1v) is 17.7. The smallest absolute Gasteiger partial charge is 0.243 e. The zero-order chi connectivity index (χ0) is 35.8. The second kappa shape index (κ2) is 16.1. The second-order valence-electron chi connectivity index (χ2n) is 11.7. The Labute approximate surface area is 293 Å². The maximum Gasteiger partial charge on any atom is 0.243 e. The number of pyridine rings is 2. The van der Waals surface area contributed by atoms with Gasteiger partial charge in [0.2, 0.25) is 10.0 Å². The van der Waals surface area contributed by atoms with Crippen LogP contribution < -0.4 is 34.3 Å². The summed E-state index contributed by atoms with van der Waals surface area (Å²) in [5.74, 6) is 3.13. The number of ether oxygens (including phenoxy) is 5. The fraction of sp³-hybridized carbons (Fsp3) is 0.351. The summed E-state index contributed by atoms with van der Waals surface area (Å²) < 4.78 is 56.8. The van der Waals surface area contributed by atoms with Crippen LogP contribution in [-0.2, 0) is 10.0 Å². The number of anilines is 2. The van der Waals surface area contributed by atoms with E-state index in [0.29, 0.717) is 67.8 Å². The van der Waals surface area contributed by atoms with Crippen LogP contribution in [0.2, 0.25) is 0 Å². The van der Waals surface area contributed by atoms with E-state index in [1.54, 1.807) is 76.3 Å². The quantitative estimate of drug-likeness (QED) is 0.104. The highest BCUT2D eigenvalue weighted by Gasteiger charge is 2.24. The number of methoxy groups -OCH3 is 5. The lowest BCUT2D eigenvalue weighted by atomic mass is 10.1. The lowest BCUT2D eigenvalue weighted by Gasteiger charge is -2.23. The maximum absolute atomic E-state index is 14.0. The Bertz CT molecular complexity index is 1950. The summed E-state index contributed by atoms with van der Waals surface area (Å²) >= 11 is 0. The Balaban J connectivity index is 1.32. The molecule has 3 aromatic carbocycles. The highest BCUT2D eigenvalue weighted by Crippen LogP contribution is 2.36. The molecule has 2 N–H and O–H groups in total. The SMILES string of the molecule is COc1ccc(S(=O)(=O)N(CCCNc2cc(C)nc3c(OC)cc(OC)cc23)CCCNc2cc(C)nc3c(OC)cc(OC)cc23)cc1. The molecule has 13 heteroatoms. The van der Waals surface area contributed by atoms with E-state index in [4.69, 9.17) is 23.7 Å². The monoisotopic (exact) mass is 703 g/mol. The molecule has 50 heavy (non-hydrogen) atoms. The molecule has 0 saturated carbocycles. The predicted molar refractivity (Wildman–Crippen MR) is 197 cm³/mol. The van der Waals surface area contributed by atoms with Gasteiger partial charge in [0, 0.05) is 71.8 Å². The third kappa shape index (κ3) is 8.06. The van der Waals surface area contributed by atoms with Crippen molar-refractivity contribution in [3.05, 3.63) is 72.1 Å². The largest absolute Gasteiger partial charge is 0.497 e. The summed E-state index contributed by atoms with van der Waals surface area (Å²) in [4.78, 5) is 9.57. The van der Waals surface area contributed by atoms with Crippen molar-refractivity contribution in [3.8, 4) is 28.7 Å². The van der Waals surface area contributed by atoms with Crippen LogP contribution in [0.3, 0.4) is 0 Å². The highest BCUT2D eigenvalue weighted by atomic mass is 32.2. The fourth-order valence-corrected chi connectivity index (χ4v) is 7.36. The minimum atomic E-state index is -3.80. The molecule has 0 aliphatic rings. The Morgan fingerprint density at radius 3 is 1.44 bits per heavy atom. The Kier molecular flexibility index (Phi) is 11.7. The van der Waals surface area contributed by atoms with Crippen molar-refractivity contribution in [1.29, 1.82) is 0 Å². The summed E-state index contributed by atoms with van der Waals surface area (Å²) in [6.07, 6.45) is 1.11. The van der Waals surface area contributed by atoms with Gasteiger partial charge in [0.1, 0.15) is 39.8 Å². The Morgan fingerprint density at radius 2 is 1.04 bits per heavy atom. The number of fused-ring (bicyclic) bond motifs is 2. The number of sulfonamides is 1. The lowest BCUT2D eigenvalue weighted by molar-refractivity contribution is 0.397. The summed E-state index contributed by atoms with van der Waals surface area (Å²) in [6, 6.07) is 17.9. The molecule has 0 radical (unpaired) electrons. The lowest BCUT2D eigenvalue weighted by Crippen LogP contribution is -2.34. The number of aromatic nitrogens is 2. The molecule has 2 heterocycles. The van der Waals surface area contributed by atoms with Crippen molar-refractivity contribution in [2.75, 3.05) is 72.4 Å². The van der Waals surface area contributed by atoms with Crippen LogP contribution in [0.25, 0.3) is 21.8 Å². The van der Waals surface area contributed by atoms with Crippen molar-refractivity contribution < 1.29 is 32.1 Å². The molecule has 0 amide bonds. The predicted octanol–water partition coefficient (Wildman–Crippen LogP) is 6.44. The molecule has 266 valence electrons. The van der Waals surface area contributed by atoms with Gasteiger partial charge in [0.15, 0.2) is 0 Å². The van der Waals surface area contributed by atoms with Crippen molar-refractivity contribution in [2.24, 2.45) is 0 Å². The highest BCUT2D eigenvalue weighted by molar-refractivity contribution is 7.89. The van der Waals surface area contributed by atoms with Gasteiger partial charge in [-0.15, -0.1) is 0 Å². The average Bonchev–Trinajstić information content (AvgIpc) is 3.12. The van der Waals surface area contributed by atoms with Gasteiger partial charge in [-0.3, -0.25) is 0 Å². The van der Waals surface area contributed by atoms with Crippen LogP contribution in [0.5, 0.6) is 28.7 Å². The number of rotatable bonds is 17. The molecule has 12 nitrogen and oxygen atoms in total.